The molecule has 0 bridgehead atoms. The molecule has 0 heterocycles. The molecule has 0 N–H and O–H groups in total. The number of hydrogen-bond donors (Lipinski definition) is 0. The number of rotatable bonds is 14. The van der Waals surface area contributed by atoms with Crippen LogP contribution in [0.2, 0.25) is 39.3 Å². The fraction of sp³-hybridized carbons (Fsp3) is 0.462. The van der Waals surface area contributed by atoms with Crippen molar-refractivity contribution in [2.24, 2.45) is 0 Å². The second-order valence-electron chi connectivity index (χ2n) is 22.0. The van der Waals surface area contributed by atoms with E-state index in [1.54, 1.807) is 0 Å². The Morgan fingerprint density at radius 2 is 0.898 bits per heavy atom. The first kappa shape index (κ1) is 46.8. The first-order valence-electron chi connectivity index (χ1n) is 22.6. The van der Waals surface area contributed by atoms with Crippen LogP contribution in [0.3, 0.4) is 0 Å². The fourth-order valence-corrected chi connectivity index (χ4v) is 53.2. The number of halogens is 2. The summed E-state index contributed by atoms with van der Waals surface area (Å²) in [5.41, 5.74) is 16.4. The van der Waals surface area contributed by atoms with E-state index < -0.39 is 32.6 Å². The van der Waals surface area contributed by atoms with Crippen LogP contribution in [0, 0.1) is 0 Å². The van der Waals surface area contributed by atoms with Gasteiger partial charge in [0.15, 0.2) is 0 Å². The van der Waals surface area contributed by atoms with Gasteiger partial charge >= 0.3 is 374 Å². The van der Waals surface area contributed by atoms with E-state index in [1.807, 2.05) is 0 Å². The molecule has 0 saturated heterocycles. The number of fused-ring (bicyclic) bond motifs is 2. The second kappa shape index (κ2) is 17.1. The number of unbranched alkanes of at least 4 members (excludes halogenated alkanes) is 2. The van der Waals surface area contributed by atoms with E-state index in [0.717, 1.165) is 43.5 Å². The Kier molecular flexibility index (Phi) is 13.6. The third-order valence-corrected chi connectivity index (χ3v) is 40.4. The van der Waals surface area contributed by atoms with E-state index in [-0.39, 0.29) is 18.1 Å². The standard InChI is InChI=1S/2C23H27.C6H19BNSi2.2ClH.Zr/c2*1-5-6-10-17-15-18-11-9-13-19(21(18)16-17)20-12-7-8-14-22(20)23(2,3)4;1-9(2,3)8(7)10(4,5)6;;;/h2*7-9,11-16H,5-6,10H2,1-4H3;7H,1-6H3;2*1H;/q;;+1;;;+1/p-2. The molecular formula is C52H73BCl2NSi2Zr. The minimum atomic E-state index is -5.38. The molecule has 2 aliphatic carbocycles. The van der Waals surface area contributed by atoms with Gasteiger partial charge in [-0.2, -0.15) is 0 Å². The number of hydrogen-bond acceptors (Lipinski definition) is 1. The Morgan fingerprint density at radius 1 is 0.542 bits per heavy atom. The van der Waals surface area contributed by atoms with Crippen molar-refractivity contribution in [3.05, 3.63) is 129 Å². The molecule has 7 heteroatoms. The zero-order valence-corrected chi connectivity index (χ0v) is 45.0. The molecule has 1 nitrogen and oxygen atoms in total. The predicted octanol–water partition coefficient (Wildman–Crippen LogP) is 16.8. The Hall–Kier alpha value is -1.72. The third kappa shape index (κ3) is 9.20. The van der Waals surface area contributed by atoms with Gasteiger partial charge in [-0.3, -0.25) is 0 Å². The molecule has 59 heavy (non-hydrogen) atoms. The van der Waals surface area contributed by atoms with Gasteiger partial charge in [-0.05, 0) is 0 Å². The Bertz CT molecular complexity index is 2100. The molecule has 0 aliphatic heterocycles. The van der Waals surface area contributed by atoms with Crippen molar-refractivity contribution in [3.63, 3.8) is 0 Å². The van der Waals surface area contributed by atoms with Crippen LogP contribution in [0.25, 0.3) is 34.4 Å². The average Bonchev–Trinajstić information content (AvgIpc) is 3.74. The summed E-state index contributed by atoms with van der Waals surface area (Å²) in [6.07, 6.45) is 11.7. The molecule has 2 unspecified atom stereocenters. The quantitative estimate of drug-likeness (QED) is 0.114. The van der Waals surface area contributed by atoms with Gasteiger partial charge in [0.25, 0.3) is 0 Å². The molecule has 0 amide bonds. The summed E-state index contributed by atoms with van der Waals surface area (Å²) in [5, 5.41) is 0. The van der Waals surface area contributed by atoms with E-state index in [0.29, 0.717) is 0 Å². The van der Waals surface area contributed by atoms with Crippen LogP contribution in [0.5, 0.6) is 0 Å². The van der Waals surface area contributed by atoms with Gasteiger partial charge in [0.1, 0.15) is 0 Å². The normalized spacial score (nSPS) is 17.9. The Labute approximate surface area is 370 Å². The van der Waals surface area contributed by atoms with Crippen LogP contribution in [0.4, 0.5) is 0 Å². The van der Waals surface area contributed by atoms with Crippen molar-refractivity contribution in [2.45, 2.75) is 151 Å². The molecule has 4 aromatic rings. The minimum absolute atomic E-state index is 0.000258. The molecule has 2 aliphatic rings. The zero-order chi connectivity index (χ0) is 43.4. The SMILES string of the molecule is CCCCC1=Cc2c(-c3ccccc3C(C)(C)C)cccc2[CH]1[Zr]([Cl])([Cl])([BH]N([Si](C)(C)C)[Si](C)(C)C)[CH]1C(CCCC)=Cc2c(-c3ccccc3C(C)(C)C)cccc21. The van der Waals surface area contributed by atoms with Crippen LogP contribution in [0.15, 0.2) is 96.1 Å². The predicted molar refractivity (Wildman–Crippen MR) is 269 cm³/mol. The molecule has 0 aromatic heterocycles. The van der Waals surface area contributed by atoms with Gasteiger partial charge in [0.2, 0.25) is 0 Å². The van der Waals surface area contributed by atoms with Crippen LogP contribution in [0.1, 0.15) is 135 Å². The molecule has 315 valence electrons. The molecule has 2 atom stereocenters. The first-order valence-corrected chi connectivity index (χ1v) is 40.4. The summed E-state index contributed by atoms with van der Waals surface area (Å²) < 4.78 is 2.97. The first-order chi connectivity index (χ1) is 27.4. The van der Waals surface area contributed by atoms with Crippen molar-refractivity contribution in [2.75, 3.05) is 0 Å². The molecule has 0 radical (unpaired) electrons. The van der Waals surface area contributed by atoms with E-state index in [2.05, 4.69) is 196 Å². The summed E-state index contributed by atoms with van der Waals surface area (Å²) in [4.78, 5) is 0.822. The third-order valence-electron chi connectivity index (χ3n) is 13.2. The van der Waals surface area contributed by atoms with E-state index in [1.165, 1.54) is 66.8 Å². The molecule has 0 fully saturated rings. The maximum absolute atomic E-state index is 9.32. The van der Waals surface area contributed by atoms with E-state index >= 15 is 0 Å². The molecule has 0 saturated carbocycles. The van der Waals surface area contributed by atoms with E-state index in [4.69, 9.17) is 0 Å². The van der Waals surface area contributed by atoms with Crippen molar-refractivity contribution >= 4 is 50.6 Å². The van der Waals surface area contributed by atoms with Gasteiger partial charge in [-0.15, -0.1) is 0 Å². The van der Waals surface area contributed by atoms with Gasteiger partial charge in [-0.25, -0.2) is 0 Å². The van der Waals surface area contributed by atoms with Gasteiger partial charge in [0, 0.05) is 0 Å². The van der Waals surface area contributed by atoms with Crippen molar-refractivity contribution in [1.29, 1.82) is 0 Å². The molecule has 0 spiro atoms. The van der Waals surface area contributed by atoms with Gasteiger partial charge < -0.3 is 0 Å². The van der Waals surface area contributed by atoms with Gasteiger partial charge in [0.05, 0.1) is 0 Å². The summed E-state index contributed by atoms with van der Waals surface area (Å²) >= 11 is -5.38. The summed E-state index contributed by atoms with van der Waals surface area (Å²) in [6.45, 7) is 33.9. The number of allylic oxidation sites excluding steroid dienone is 2. The number of nitrogens with zero attached hydrogens (tertiary/aromatic N) is 1. The Balaban J connectivity index is 1.71. The molecule has 6 rings (SSSR count). The summed E-state index contributed by atoms with van der Waals surface area (Å²) in [5.74, 6) is 0. The van der Waals surface area contributed by atoms with Crippen LogP contribution in [-0.2, 0) is 27.0 Å². The average molecular weight is 941 g/mol. The fourth-order valence-electron chi connectivity index (χ4n) is 10.9. The van der Waals surface area contributed by atoms with Crippen molar-refractivity contribution in [3.8, 4) is 22.3 Å². The topological polar surface area (TPSA) is 3.24 Å². The van der Waals surface area contributed by atoms with Crippen LogP contribution >= 0.6 is 17.0 Å². The van der Waals surface area contributed by atoms with Crippen LogP contribution < -0.4 is 0 Å². The van der Waals surface area contributed by atoms with Crippen LogP contribution in [-0.4, -0.2) is 25.6 Å². The summed E-state index contributed by atoms with van der Waals surface area (Å²) in [6, 6.07) is 32.3. The second-order valence-corrected chi connectivity index (χ2v) is 54.2. The number of benzene rings is 4. The molecular weight excluding hydrogens is 868 g/mol. The van der Waals surface area contributed by atoms with Crippen molar-refractivity contribution in [1.82, 2.24) is 4.14 Å². The Morgan fingerprint density at radius 3 is 1.24 bits per heavy atom. The van der Waals surface area contributed by atoms with Crippen molar-refractivity contribution < 1.29 is 16.2 Å². The maximum atomic E-state index is 9.32. The van der Waals surface area contributed by atoms with E-state index in [9.17, 15) is 17.0 Å². The summed E-state index contributed by atoms with van der Waals surface area (Å²) in [7, 11) is 14.8. The monoisotopic (exact) mass is 938 g/mol. The zero-order valence-electron chi connectivity index (χ0n) is 39.0. The molecule has 4 aromatic carbocycles. The van der Waals surface area contributed by atoms with Gasteiger partial charge in [-0.1, -0.05) is 0 Å².